The lowest BCUT2D eigenvalue weighted by Crippen LogP contribution is -2.42. The van der Waals surface area contributed by atoms with Crippen molar-refractivity contribution >= 4 is 0 Å². The van der Waals surface area contributed by atoms with E-state index in [-0.39, 0.29) is 12.8 Å². The van der Waals surface area contributed by atoms with Crippen LogP contribution in [0.1, 0.15) is 52.4 Å². The van der Waals surface area contributed by atoms with Crippen LogP contribution in [0.3, 0.4) is 0 Å². The number of hydrogen-bond donors (Lipinski definition) is 1. The quantitative estimate of drug-likeness (QED) is 0.761. The van der Waals surface area contributed by atoms with Crippen LogP contribution in [0, 0.1) is 11.8 Å². The van der Waals surface area contributed by atoms with Gasteiger partial charge in [0, 0.05) is 18.9 Å². The number of alkyl halides is 2. The first kappa shape index (κ1) is 13.9. The third kappa shape index (κ3) is 3.69. The fourth-order valence-corrected chi connectivity index (χ4v) is 3.04. The minimum absolute atomic E-state index is 0.0781. The molecule has 3 heteroatoms. The molecule has 1 fully saturated rings. The maximum Gasteiger partial charge on any atom is 0.248 e. The van der Waals surface area contributed by atoms with Crippen molar-refractivity contribution in [2.45, 2.75) is 64.3 Å². The summed E-state index contributed by atoms with van der Waals surface area (Å²) in [6.45, 7) is 4.41. The molecule has 16 heavy (non-hydrogen) atoms. The van der Waals surface area contributed by atoms with Crippen LogP contribution in [0.25, 0.3) is 0 Å². The first-order chi connectivity index (χ1) is 7.50. The second-order valence-corrected chi connectivity index (χ2v) is 5.27. The maximum atomic E-state index is 13.1. The average molecular weight is 233 g/mol. The first-order valence-electron chi connectivity index (χ1n) is 6.55. The molecule has 0 aromatic heterocycles. The van der Waals surface area contributed by atoms with Gasteiger partial charge in [-0.15, -0.1) is 0 Å². The Morgan fingerprint density at radius 2 is 1.88 bits per heavy atom. The van der Waals surface area contributed by atoms with Crippen molar-refractivity contribution in [3.8, 4) is 0 Å². The summed E-state index contributed by atoms with van der Waals surface area (Å²) in [5, 5.41) is 3.34. The monoisotopic (exact) mass is 233 g/mol. The predicted octanol–water partition coefficient (Wildman–Crippen LogP) is 3.84. The summed E-state index contributed by atoms with van der Waals surface area (Å²) in [7, 11) is 1.96. The summed E-state index contributed by atoms with van der Waals surface area (Å²) in [5.74, 6) is -1.37. The van der Waals surface area contributed by atoms with E-state index in [0.717, 1.165) is 0 Å². The zero-order chi connectivity index (χ0) is 12.2. The molecular formula is C13H25F2N. The van der Waals surface area contributed by atoms with Gasteiger partial charge in [0.05, 0.1) is 0 Å². The standard InChI is InChI=1S/C13H25F2N/c1-4-5-10(2)12(16-3)11-6-8-13(14,15)9-7-11/h10-12,16H,4-9H2,1-3H3. The van der Waals surface area contributed by atoms with Gasteiger partial charge in [0.25, 0.3) is 0 Å². The van der Waals surface area contributed by atoms with E-state index in [1.807, 2.05) is 7.05 Å². The molecule has 2 unspecified atom stereocenters. The van der Waals surface area contributed by atoms with E-state index in [1.165, 1.54) is 12.8 Å². The molecule has 96 valence electrons. The van der Waals surface area contributed by atoms with Gasteiger partial charge < -0.3 is 5.32 Å². The van der Waals surface area contributed by atoms with Crippen LogP contribution < -0.4 is 5.32 Å². The van der Waals surface area contributed by atoms with Crippen LogP contribution in [0.4, 0.5) is 8.78 Å². The summed E-state index contributed by atoms with van der Waals surface area (Å²) < 4.78 is 26.1. The van der Waals surface area contributed by atoms with Gasteiger partial charge in [-0.2, -0.15) is 0 Å². The SMILES string of the molecule is CCCC(C)C(NC)C1CCC(F)(F)CC1. The molecule has 0 spiro atoms. The molecule has 0 heterocycles. The molecule has 1 rings (SSSR count). The topological polar surface area (TPSA) is 12.0 Å². The third-order valence-electron chi connectivity index (χ3n) is 3.96. The van der Waals surface area contributed by atoms with Crippen molar-refractivity contribution in [2.75, 3.05) is 7.05 Å². The van der Waals surface area contributed by atoms with Gasteiger partial charge in [-0.05, 0) is 38.1 Å². The highest BCUT2D eigenvalue weighted by atomic mass is 19.3. The van der Waals surface area contributed by atoms with Crippen molar-refractivity contribution in [1.82, 2.24) is 5.32 Å². The van der Waals surface area contributed by atoms with Gasteiger partial charge in [-0.1, -0.05) is 20.3 Å². The molecule has 0 aromatic carbocycles. The van der Waals surface area contributed by atoms with E-state index in [2.05, 4.69) is 19.2 Å². The maximum absolute atomic E-state index is 13.1. The van der Waals surface area contributed by atoms with Crippen LogP contribution in [0.15, 0.2) is 0 Å². The van der Waals surface area contributed by atoms with Crippen molar-refractivity contribution in [3.05, 3.63) is 0 Å². The molecule has 0 aromatic rings. The lowest BCUT2D eigenvalue weighted by Gasteiger charge is -2.36. The zero-order valence-electron chi connectivity index (χ0n) is 10.7. The first-order valence-corrected chi connectivity index (χ1v) is 6.55. The van der Waals surface area contributed by atoms with Gasteiger partial charge in [-0.25, -0.2) is 8.78 Å². The number of nitrogens with one attached hydrogen (secondary N) is 1. The van der Waals surface area contributed by atoms with Crippen molar-refractivity contribution in [2.24, 2.45) is 11.8 Å². The summed E-state index contributed by atoms with van der Waals surface area (Å²) in [6.07, 6.45) is 3.85. The highest BCUT2D eigenvalue weighted by Gasteiger charge is 2.38. The van der Waals surface area contributed by atoms with Gasteiger partial charge >= 0.3 is 0 Å². The minimum Gasteiger partial charge on any atom is -0.316 e. The molecule has 1 nitrogen and oxygen atoms in total. The minimum atomic E-state index is -2.40. The van der Waals surface area contributed by atoms with Gasteiger partial charge in [0.15, 0.2) is 0 Å². The van der Waals surface area contributed by atoms with E-state index < -0.39 is 5.92 Å². The Hall–Kier alpha value is -0.180. The molecule has 1 aliphatic carbocycles. The Balaban J connectivity index is 2.48. The molecule has 2 atom stereocenters. The number of rotatable bonds is 5. The van der Waals surface area contributed by atoms with Crippen LogP contribution in [-0.4, -0.2) is 19.0 Å². The van der Waals surface area contributed by atoms with E-state index in [1.54, 1.807) is 0 Å². The largest absolute Gasteiger partial charge is 0.316 e. The fraction of sp³-hybridized carbons (Fsp3) is 1.00. The summed E-state index contributed by atoms with van der Waals surface area (Å²) in [5.41, 5.74) is 0. The Morgan fingerprint density at radius 3 is 2.31 bits per heavy atom. The molecule has 0 aliphatic heterocycles. The van der Waals surface area contributed by atoms with Crippen LogP contribution >= 0.6 is 0 Å². The van der Waals surface area contributed by atoms with Gasteiger partial charge in [-0.3, -0.25) is 0 Å². The van der Waals surface area contributed by atoms with Crippen LogP contribution in [-0.2, 0) is 0 Å². The molecule has 1 N–H and O–H groups in total. The second kappa shape index (κ2) is 5.95. The summed E-state index contributed by atoms with van der Waals surface area (Å²) in [4.78, 5) is 0. The molecule has 0 amide bonds. The Kier molecular flexibility index (Phi) is 5.16. The number of halogens is 2. The molecule has 1 aliphatic rings. The Labute approximate surface area is 98.0 Å². The van der Waals surface area contributed by atoms with Gasteiger partial charge in [0.1, 0.15) is 0 Å². The Morgan fingerprint density at radius 1 is 1.31 bits per heavy atom. The highest BCUT2D eigenvalue weighted by Crippen LogP contribution is 2.39. The Bertz CT molecular complexity index is 196. The highest BCUT2D eigenvalue weighted by molar-refractivity contribution is 4.86. The van der Waals surface area contributed by atoms with E-state index in [9.17, 15) is 8.78 Å². The molecular weight excluding hydrogens is 208 g/mol. The van der Waals surface area contributed by atoms with Gasteiger partial charge in [0.2, 0.25) is 5.92 Å². The third-order valence-corrected chi connectivity index (χ3v) is 3.96. The van der Waals surface area contributed by atoms with E-state index in [4.69, 9.17) is 0 Å². The molecule has 0 bridgehead atoms. The molecule has 1 saturated carbocycles. The lowest BCUT2D eigenvalue weighted by atomic mass is 9.77. The van der Waals surface area contributed by atoms with Crippen molar-refractivity contribution in [1.29, 1.82) is 0 Å². The van der Waals surface area contributed by atoms with Crippen LogP contribution in [0.2, 0.25) is 0 Å². The number of hydrogen-bond acceptors (Lipinski definition) is 1. The van der Waals surface area contributed by atoms with Crippen molar-refractivity contribution < 1.29 is 8.78 Å². The van der Waals surface area contributed by atoms with E-state index >= 15 is 0 Å². The normalized spacial score (nSPS) is 25.3. The summed E-state index contributed by atoms with van der Waals surface area (Å²) >= 11 is 0. The van der Waals surface area contributed by atoms with Crippen molar-refractivity contribution in [3.63, 3.8) is 0 Å². The fourth-order valence-electron chi connectivity index (χ4n) is 3.04. The second-order valence-electron chi connectivity index (χ2n) is 5.27. The average Bonchev–Trinajstić information content (AvgIpc) is 2.22. The van der Waals surface area contributed by atoms with E-state index in [0.29, 0.717) is 30.7 Å². The zero-order valence-corrected chi connectivity index (χ0v) is 10.7. The lowest BCUT2D eigenvalue weighted by molar-refractivity contribution is -0.0515. The molecule has 0 radical (unpaired) electrons. The summed E-state index contributed by atoms with van der Waals surface area (Å²) in [6, 6.07) is 0.413. The molecule has 0 saturated heterocycles. The smallest absolute Gasteiger partial charge is 0.248 e. The van der Waals surface area contributed by atoms with Crippen LogP contribution in [0.5, 0.6) is 0 Å². The predicted molar refractivity (Wildman–Crippen MR) is 63.8 cm³/mol.